The third-order valence-corrected chi connectivity index (χ3v) is 5.36. The molecule has 31 heavy (non-hydrogen) atoms. The molecule has 1 aliphatic heterocycles. The first-order valence-corrected chi connectivity index (χ1v) is 10.5. The van der Waals surface area contributed by atoms with Crippen LogP contribution in [0.4, 0.5) is 4.79 Å². The van der Waals surface area contributed by atoms with E-state index in [0.717, 1.165) is 22.4 Å². The molecular weight excluding hydrogens is 394 g/mol. The lowest BCUT2D eigenvalue weighted by molar-refractivity contribution is -0.127. The molecule has 8 heteroatoms. The van der Waals surface area contributed by atoms with Crippen LogP contribution in [-0.4, -0.2) is 51.8 Å². The van der Waals surface area contributed by atoms with Gasteiger partial charge in [0.25, 0.3) is 5.91 Å². The Morgan fingerprint density at radius 2 is 1.81 bits per heavy atom. The van der Waals surface area contributed by atoms with Gasteiger partial charge in [0.15, 0.2) is 0 Å². The number of carbonyl (C=O) groups is 3. The van der Waals surface area contributed by atoms with E-state index in [9.17, 15) is 14.4 Å². The third-order valence-electron chi connectivity index (χ3n) is 5.36. The molecule has 2 aromatic carbocycles. The Labute approximate surface area is 180 Å². The number of fused-ring (bicyclic) bond motifs is 1. The second-order valence-corrected chi connectivity index (χ2v) is 7.57. The van der Waals surface area contributed by atoms with Crippen molar-refractivity contribution in [2.45, 2.75) is 31.7 Å². The van der Waals surface area contributed by atoms with Crippen molar-refractivity contribution in [3.8, 4) is 0 Å². The molecule has 1 aromatic heterocycles. The van der Waals surface area contributed by atoms with Crippen molar-refractivity contribution < 1.29 is 14.4 Å². The minimum Gasteiger partial charge on any atom is -0.356 e. The lowest BCUT2D eigenvalue weighted by Crippen LogP contribution is -2.34. The molecule has 0 aliphatic carbocycles. The second kappa shape index (κ2) is 9.42. The SMILES string of the molecule is O=C(CC[C@H]1NC(=O)N(CCc2ccccc2)C1=O)NCCc1nc2ccccc2[nH]1. The summed E-state index contributed by atoms with van der Waals surface area (Å²) in [5.74, 6) is 0.394. The Morgan fingerprint density at radius 3 is 2.61 bits per heavy atom. The number of urea groups is 1. The molecule has 8 nitrogen and oxygen atoms in total. The van der Waals surface area contributed by atoms with Crippen LogP contribution < -0.4 is 10.6 Å². The summed E-state index contributed by atoms with van der Waals surface area (Å²) in [5, 5.41) is 5.53. The predicted molar refractivity (Wildman–Crippen MR) is 116 cm³/mol. The van der Waals surface area contributed by atoms with Crippen LogP contribution in [0.5, 0.6) is 0 Å². The molecule has 0 bridgehead atoms. The number of aromatic nitrogens is 2. The van der Waals surface area contributed by atoms with Gasteiger partial charge >= 0.3 is 6.03 Å². The van der Waals surface area contributed by atoms with Crippen LogP contribution >= 0.6 is 0 Å². The number of carbonyl (C=O) groups excluding carboxylic acids is 3. The van der Waals surface area contributed by atoms with Crippen molar-refractivity contribution in [3.05, 3.63) is 66.0 Å². The minimum absolute atomic E-state index is 0.152. The van der Waals surface area contributed by atoms with E-state index in [4.69, 9.17) is 0 Å². The van der Waals surface area contributed by atoms with Gasteiger partial charge in [-0.3, -0.25) is 14.5 Å². The van der Waals surface area contributed by atoms with E-state index in [0.29, 0.717) is 25.9 Å². The Balaban J connectivity index is 1.19. The highest BCUT2D eigenvalue weighted by atomic mass is 16.2. The lowest BCUT2D eigenvalue weighted by atomic mass is 10.1. The number of hydrogen-bond acceptors (Lipinski definition) is 4. The summed E-state index contributed by atoms with van der Waals surface area (Å²) in [7, 11) is 0. The number of amides is 4. The molecule has 0 unspecified atom stereocenters. The number of H-pyrrole nitrogens is 1. The number of rotatable bonds is 9. The van der Waals surface area contributed by atoms with E-state index in [1.165, 1.54) is 4.90 Å². The molecule has 4 amide bonds. The van der Waals surface area contributed by atoms with Crippen LogP contribution in [0.15, 0.2) is 54.6 Å². The van der Waals surface area contributed by atoms with Crippen molar-refractivity contribution in [1.29, 1.82) is 0 Å². The van der Waals surface area contributed by atoms with Gasteiger partial charge in [0.1, 0.15) is 11.9 Å². The highest BCUT2D eigenvalue weighted by Crippen LogP contribution is 2.13. The fourth-order valence-corrected chi connectivity index (χ4v) is 3.68. The van der Waals surface area contributed by atoms with Crippen LogP contribution in [0, 0.1) is 0 Å². The Hall–Kier alpha value is -3.68. The van der Waals surface area contributed by atoms with Gasteiger partial charge < -0.3 is 15.6 Å². The first-order chi connectivity index (χ1) is 15.1. The van der Waals surface area contributed by atoms with Crippen molar-refractivity contribution >= 4 is 28.9 Å². The summed E-state index contributed by atoms with van der Waals surface area (Å²) in [6.45, 7) is 0.779. The van der Waals surface area contributed by atoms with Gasteiger partial charge in [-0.05, 0) is 30.5 Å². The number of imidazole rings is 1. The zero-order valence-corrected chi connectivity index (χ0v) is 17.1. The number of nitrogens with zero attached hydrogens (tertiary/aromatic N) is 2. The maximum absolute atomic E-state index is 12.5. The zero-order valence-electron chi connectivity index (χ0n) is 17.1. The average Bonchev–Trinajstić information content (AvgIpc) is 3.31. The average molecular weight is 419 g/mol. The van der Waals surface area contributed by atoms with E-state index < -0.39 is 12.1 Å². The molecule has 0 spiro atoms. The lowest BCUT2D eigenvalue weighted by Gasteiger charge is -2.13. The summed E-state index contributed by atoms with van der Waals surface area (Å²) >= 11 is 0. The summed E-state index contributed by atoms with van der Waals surface area (Å²) in [6, 6.07) is 16.4. The quantitative estimate of drug-likeness (QED) is 0.462. The van der Waals surface area contributed by atoms with Gasteiger partial charge in [-0.2, -0.15) is 0 Å². The van der Waals surface area contributed by atoms with Crippen LogP contribution in [0.25, 0.3) is 11.0 Å². The van der Waals surface area contributed by atoms with E-state index in [1.807, 2.05) is 54.6 Å². The molecule has 160 valence electrons. The van der Waals surface area contributed by atoms with Gasteiger partial charge in [-0.1, -0.05) is 42.5 Å². The fraction of sp³-hybridized carbons (Fsp3) is 0.304. The molecule has 3 aromatic rings. The molecule has 0 saturated carbocycles. The molecule has 1 saturated heterocycles. The first-order valence-electron chi connectivity index (χ1n) is 10.5. The van der Waals surface area contributed by atoms with Gasteiger partial charge in [0.05, 0.1) is 11.0 Å². The summed E-state index contributed by atoms with van der Waals surface area (Å²) in [5.41, 5.74) is 2.93. The van der Waals surface area contributed by atoms with E-state index in [2.05, 4.69) is 20.6 Å². The Bertz CT molecular complexity index is 1050. The molecule has 1 aliphatic rings. The van der Waals surface area contributed by atoms with E-state index >= 15 is 0 Å². The standard InChI is InChI=1S/C23H25N5O3/c29-21(24-14-12-20-25-17-8-4-5-9-18(17)26-20)11-10-19-22(30)28(23(31)27-19)15-13-16-6-2-1-3-7-16/h1-9,19H,10-15H2,(H,24,29)(H,25,26)(H,27,31)/t19-/m1/s1. The van der Waals surface area contributed by atoms with Gasteiger partial charge in [-0.25, -0.2) is 9.78 Å². The third kappa shape index (κ3) is 5.09. The largest absolute Gasteiger partial charge is 0.356 e. The van der Waals surface area contributed by atoms with Crippen LogP contribution in [0.2, 0.25) is 0 Å². The first kappa shape index (κ1) is 20.6. The van der Waals surface area contributed by atoms with Crippen LogP contribution in [0.3, 0.4) is 0 Å². The van der Waals surface area contributed by atoms with Crippen LogP contribution in [-0.2, 0) is 22.4 Å². The number of para-hydroxylation sites is 2. The Kier molecular flexibility index (Phi) is 6.26. The zero-order chi connectivity index (χ0) is 21.6. The molecule has 0 radical (unpaired) electrons. The van der Waals surface area contributed by atoms with Crippen molar-refractivity contribution in [3.63, 3.8) is 0 Å². The number of benzene rings is 2. The fourth-order valence-electron chi connectivity index (χ4n) is 3.68. The van der Waals surface area contributed by atoms with Crippen molar-refractivity contribution in [1.82, 2.24) is 25.5 Å². The van der Waals surface area contributed by atoms with E-state index in [-0.39, 0.29) is 24.7 Å². The predicted octanol–water partition coefficient (Wildman–Crippen LogP) is 2.16. The topological polar surface area (TPSA) is 107 Å². The highest BCUT2D eigenvalue weighted by Gasteiger charge is 2.37. The van der Waals surface area contributed by atoms with Crippen LogP contribution in [0.1, 0.15) is 24.2 Å². The van der Waals surface area contributed by atoms with Gasteiger partial charge in [0, 0.05) is 25.9 Å². The van der Waals surface area contributed by atoms with Gasteiger partial charge in [-0.15, -0.1) is 0 Å². The maximum Gasteiger partial charge on any atom is 0.324 e. The van der Waals surface area contributed by atoms with Crippen molar-refractivity contribution in [2.24, 2.45) is 0 Å². The molecule has 1 atom stereocenters. The molecule has 1 fully saturated rings. The molecule has 3 N–H and O–H groups in total. The minimum atomic E-state index is -0.649. The highest BCUT2D eigenvalue weighted by molar-refractivity contribution is 6.04. The summed E-state index contributed by atoms with van der Waals surface area (Å²) < 4.78 is 0. The number of hydrogen-bond donors (Lipinski definition) is 3. The summed E-state index contributed by atoms with van der Waals surface area (Å²) in [6.07, 6.45) is 1.65. The Morgan fingerprint density at radius 1 is 1.03 bits per heavy atom. The molecule has 2 heterocycles. The number of nitrogens with one attached hydrogen (secondary N) is 3. The van der Waals surface area contributed by atoms with Crippen molar-refractivity contribution in [2.75, 3.05) is 13.1 Å². The number of imide groups is 1. The summed E-state index contributed by atoms with van der Waals surface area (Å²) in [4.78, 5) is 45.8. The monoisotopic (exact) mass is 419 g/mol. The van der Waals surface area contributed by atoms with E-state index in [1.54, 1.807) is 0 Å². The number of aromatic amines is 1. The normalized spacial score (nSPS) is 16.0. The molecule has 4 rings (SSSR count). The van der Waals surface area contributed by atoms with Gasteiger partial charge in [0.2, 0.25) is 5.91 Å². The molecular formula is C23H25N5O3. The smallest absolute Gasteiger partial charge is 0.324 e. The maximum atomic E-state index is 12.5. The second-order valence-electron chi connectivity index (χ2n) is 7.57.